The maximum atomic E-state index is 12.0. The molecule has 0 bridgehead atoms. The van der Waals surface area contributed by atoms with Gasteiger partial charge in [-0.2, -0.15) is 0 Å². The highest BCUT2D eigenvalue weighted by Crippen LogP contribution is 2.25. The summed E-state index contributed by atoms with van der Waals surface area (Å²) < 4.78 is 0. The first kappa shape index (κ1) is 13.8. The monoisotopic (exact) mass is 297 g/mol. The fraction of sp³-hybridized carbons (Fsp3) is 0.364. The van der Waals surface area contributed by atoms with E-state index < -0.39 is 0 Å². The van der Waals surface area contributed by atoms with Gasteiger partial charge in [-0.1, -0.05) is 11.3 Å². The Morgan fingerprint density at radius 1 is 1.53 bits per heavy atom. The lowest BCUT2D eigenvalue weighted by Gasteiger charge is -2.04. The molecule has 8 heteroatoms. The maximum absolute atomic E-state index is 12.0. The molecular formula is C11H15N5OS2. The van der Waals surface area contributed by atoms with Crippen molar-refractivity contribution in [2.75, 3.05) is 11.1 Å². The molecule has 0 saturated heterocycles. The van der Waals surface area contributed by atoms with Crippen molar-refractivity contribution in [3.63, 3.8) is 0 Å². The van der Waals surface area contributed by atoms with Gasteiger partial charge < -0.3 is 16.4 Å². The fourth-order valence-electron chi connectivity index (χ4n) is 1.38. The number of hydrogen-bond acceptors (Lipinski definition) is 7. The van der Waals surface area contributed by atoms with Crippen LogP contribution in [0.2, 0.25) is 0 Å². The molecule has 0 unspecified atom stereocenters. The summed E-state index contributed by atoms with van der Waals surface area (Å²) in [5, 5.41) is 6.60. The largest absolute Gasteiger partial charge is 0.382 e. The van der Waals surface area contributed by atoms with Gasteiger partial charge in [-0.15, -0.1) is 11.3 Å². The first-order valence-corrected chi connectivity index (χ1v) is 7.44. The highest BCUT2D eigenvalue weighted by atomic mass is 32.1. The van der Waals surface area contributed by atoms with Crippen molar-refractivity contribution in [2.45, 2.75) is 26.4 Å². The number of rotatable bonds is 5. The molecule has 2 rings (SSSR count). The number of nitrogens with two attached hydrogens (primary N) is 1. The van der Waals surface area contributed by atoms with E-state index in [-0.39, 0.29) is 17.8 Å². The van der Waals surface area contributed by atoms with Crippen LogP contribution in [0.15, 0.2) is 11.7 Å². The van der Waals surface area contributed by atoms with Gasteiger partial charge in [-0.25, -0.2) is 4.98 Å². The topological polar surface area (TPSA) is 92.9 Å². The number of nitrogen functional groups attached to an aromatic ring is 1. The lowest BCUT2D eigenvalue weighted by Crippen LogP contribution is -2.22. The van der Waals surface area contributed by atoms with Crippen molar-refractivity contribution in [2.24, 2.45) is 0 Å². The van der Waals surface area contributed by atoms with Crippen LogP contribution >= 0.6 is 22.7 Å². The quantitative estimate of drug-likeness (QED) is 0.784. The summed E-state index contributed by atoms with van der Waals surface area (Å²) in [5.41, 5.74) is 7.49. The van der Waals surface area contributed by atoms with Gasteiger partial charge >= 0.3 is 0 Å². The minimum atomic E-state index is -0.208. The van der Waals surface area contributed by atoms with E-state index in [0.29, 0.717) is 16.6 Å². The third-order valence-electron chi connectivity index (χ3n) is 2.18. The minimum absolute atomic E-state index is 0.208. The number of aromatic nitrogens is 2. The lowest BCUT2D eigenvalue weighted by molar-refractivity contribution is 0.0956. The Hall–Kier alpha value is -1.67. The molecule has 0 aliphatic carbocycles. The molecule has 19 heavy (non-hydrogen) atoms. The van der Waals surface area contributed by atoms with Gasteiger partial charge in [0, 0.05) is 17.1 Å². The summed E-state index contributed by atoms with van der Waals surface area (Å²) in [6.45, 7) is 4.45. The second kappa shape index (κ2) is 5.98. The van der Waals surface area contributed by atoms with E-state index in [1.54, 1.807) is 11.7 Å². The molecule has 2 heterocycles. The van der Waals surface area contributed by atoms with Crippen molar-refractivity contribution >= 4 is 39.5 Å². The molecule has 2 aromatic rings. The molecule has 4 N–H and O–H groups in total. The smallest absolute Gasteiger partial charge is 0.265 e. The van der Waals surface area contributed by atoms with Gasteiger partial charge in [0.15, 0.2) is 5.13 Å². The van der Waals surface area contributed by atoms with Crippen LogP contribution in [-0.4, -0.2) is 21.9 Å². The zero-order valence-electron chi connectivity index (χ0n) is 10.6. The van der Waals surface area contributed by atoms with Gasteiger partial charge in [0.2, 0.25) is 0 Å². The molecule has 0 spiro atoms. The zero-order chi connectivity index (χ0) is 13.8. The molecule has 102 valence electrons. The summed E-state index contributed by atoms with van der Waals surface area (Å²) in [6.07, 6.45) is 1.73. The van der Waals surface area contributed by atoms with Gasteiger partial charge in [0.25, 0.3) is 5.91 Å². The number of amides is 1. The van der Waals surface area contributed by atoms with E-state index in [1.807, 2.05) is 13.8 Å². The second-order valence-corrected chi connectivity index (χ2v) is 6.15. The molecular weight excluding hydrogens is 282 g/mol. The van der Waals surface area contributed by atoms with Crippen molar-refractivity contribution < 1.29 is 4.79 Å². The van der Waals surface area contributed by atoms with Gasteiger partial charge in [0.1, 0.15) is 10.7 Å². The molecule has 0 aliphatic rings. The molecule has 0 atom stereocenters. The summed E-state index contributed by atoms with van der Waals surface area (Å²) in [7, 11) is 0. The zero-order valence-corrected chi connectivity index (χ0v) is 12.3. The lowest BCUT2D eigenvalue weighted by atomic mass is 10.4. The molecule has 6 nitrogen and oxygen atoms in total. The van der Waals surface area contributed by atoms with Crippen molar-refractivity contribution in [1.29, 1.82) is 0 Å². The Balaban J connectivity index is 2.00. The Labute approximate surface area is 119 Å². The van der Waals surface area contributed by atoms with Gasteiger partial charge in [-0.05, 0) is 13.8 Å². The highest BCUT2D eigenvalue weighted by molar-refractivity contribution is 7.18. The molecule has 0 saturated carbocycles. The summed E-state index contributed by atoms with van der Waals surface area (Å²) in [4.78, 5) is 21.5. The SMILES string of the molecule is CC(C)Nc1nc(N)c(C(=O)NCc2cncs2)s1. The third-order valence-corrected chi connectivity index (χ3v) is 3.96. The number of nitrogens with zero attached hydrogens (tertiary/aromatic N) is 2. The van der Waals surface area contributed by atoms with Crippen molar-refractivity contribution in [3.05, 3.63) is 21.5 Å². The average molecular weight is 297 g/mol. The number of nitrogens with one attached hydrogen (secondary N) is 2. The van der Waals surface area contributed by atoms with E-state index in [1.165, 1.54) is 22.7 Å². The minimum Gasteiger partial charge on any atom is -0.382 e. The van der Waals surface area contributed by atoms with Crippen molar-refractivity contribution in [3.8, 4) is 0 Å². The average Bonchev–Trinajstić information content (AvgIpc) is 2.95. The third kappa shape index (κ3) is 3.65. The standard InChI is InChI=1S/C11H15N5OS2/c1-6(2)15-11-16-9(12)8(19-11)10(17)14-4-7-3-13-5-18-7/h3,5-6H,4,12H2,1-2H3,(H,14,17)(H,15,16). The Kier molecular flexibility index (Phi) is 4.33. The maximum Gasteiger partial charge on any atom is 0.265 e. The molecule has 0 fully saturated rings. The van der Waals surface area contributed by atoms with E-state index in [9.17, 15) is 4.79 Å². The number of thiazole rings is 2. The van der Waals surface area contributed by atoms with Crippen LogP contribution in [0.5, 0.6) is 0 Å². The van der Waals surface area contributed by atoms with Crippen LogP contribution in [0, 0.1) is 0 Å². The van der Waals surface area contributed by atoms with Gasteiger partial charge in [-0.3, -0.25) is 9.78 Å². The summed E-state index contributed by atoms with van der Waals surface area (Å²) in [5.74, 6) is 0.0511. The van der Waals surface area contributed by atoms with Crippen LogP contribution in [-0.2, 0) is 6.54 Å². The molecule has 1 amide bonds. The van der Waals surface area contributed by atoms with E-state index >= 15 is 0 Å². The second-order valence-electron chi connectivity index (χ2n) is 4.18. The number of hydrogen-bond donors (Lipinski definition) is 3. The number of carbonyl (C=O) groups is 1. The first-order valence-electron chi connectivity index (χ1n) is 5.74. The highest BCUT2D eigenvalue weighted by Gasteiger charge is 2.16. The van der Waals surface area contributed by atoms with E-state index in [2.05, 4.69) is 20.6 Å². The van der Waals surface area contributed by atoms with Gasteiger partial charge in [0.05, 0.1) is 12.1 Å². The normalized spacial score (nSPS) is 10.7. The molecule has 0 radical (unpaired) electrons. The van der Waals surface area contributed by atoms with Crippen LogP contribution < -0.4 is 16.4 Å². The van der Waals surface area contributed by atoms with Crippen LogP contribution in [0.4, 0.5) is 10.9 Å². The summed E-state index contributed by atoms with van der Waals surface area (Å²) >= 11 is 2.76. The summed E-state index contributed by atoms with van der Waals surface area (Å²) in [6, 6.07) is 0.249. The Bertz CT molecular complexity index is 549. The van der Waals surface area contributed by atoms with Crippen LogP contribution in [0.3, 0.4) is 0 Å². The van der Waals surface area contributed by atoms with E-state index in [4.69, 9.17) is 5.73 Å². The van der Waals surface area contributed by atoms with Crippen molar-refractivity contribution in [1.82, 2.24) is 15.3 Å². The predicted octanol–water partition coefficient (Wildman–Crippen LogP) is 1.93. The molecule has 0 aromatic carbocycles. The Morgan fingerprint density at radius 2 is 2.32 bits per heavy atom. The fourth-order valence-corrected chi connectivity index (χ4v) is 2.86. The van der Waals surface area contributed by atoms with E-state index in [0.717, 1.165) is 4.88 Å². The predicted molar refractivity (Wildman–Crippen MR) is 78.6 cm³/mol. The van der Waals surface area contributed by atoms with Crippen LogP contribution in [0.1, 0.15) is 28.4 Å². The number of carbonyl (C=O) groups excluding carboxylic acids is 1. The molecule has 2 aromatic heterocycles. The first-order chi connectivity index (χ1) is 9.06. The molecule has 0 aliphatic heterocycles. The Morgan fingerprint density at radius 3 is 2.95 bits per heavy atom. The van der Waals surface area contributed by atoms with Crippen LogP contribution in [0.25, 0.3) is 0 Å². The number of anilines is 2.